The highest BCUT2D eigenvalue weighted by Crippen LogP contribution is 2.09. The van der Waals surface area contributed by atoms with Crippen LogP contribution in [0.4, 0.5) is 0 Å². The van der Waals surface area contributed by atoms with Crippen LogP contribution < -0.4 is 10.9 Å². The lowest BCUT2D eigenvalue weighted by Crippen LogP contribution is -2.35. The van der Waals surface area contributed by atoms with Crippen molar-refractivity contribution in [2.45, 2.75) is 6.92 Å². The zero-order chi connectivity index (χ0) is 10.6. The van der Waals surface area contributed by atoms with Crippen LogP contribution in [0.3, 0.4) is 0 Å². The molecule has 0 spiro atoms. The van der Waals surface area contributed by atoms with Crippen LogP contribution in [0.25, 0.3) is 0 Å². The quantitative estimate of drug-likeness (QED) is 0.813. The smallest absolute Gasteiger partial charge is 0.269 e. The van der Waals surface area contributed by atoms with E-state index < -0.39 is 0 Å². The lowest BCUT2D eigenvalue weighted by atomic mass is 10.2. The normalized spacial score (nSPS) is 9.29. The third kappa shape index (κ3) is 3.22. The van der Waals surface area contributed by atoms with Gasteiger partial charge in [-0.15, -0.1) is 0 Å². The van der Waals surface area contributed by atoms with Crippen LogP contribution in [0, 0.1) is 0 Å². The monoisotopic (exact) mass is 254 g/mol. The third-order valence-electron chi connectivity index (χ3n) is 1.50. The molecule has 0 aromatic heterocycles. The molecule has 74 valence electrons. The van der Waals surface area contributed by atoms with Gasteiger partial charge in [-0.3, -0.25) is 10.2 Å². The Bertz CT molecular complexity index is 346. The fourth-order valence-electron chi connectivity index (χ4n) is 0.837. The minimum Gasteiger partial charge on any atom is -0.303 e. The standard InChI is InChI=1S/C10H11BrN2O/c1-7(2)12-13-10(14)8-3-5-9(11)6-4-8/h3-6,12H,1H2,2H3,(H,13,14). The summed E-state index contributed by atoms with van der Waals surface area (Å²) in [5.74, 6) is -0.180. The number of hydrazine groups is 1. The van der Waals surface area contributed by atoms with Gasteiger partial charge in [0.15, 0.2) is 0 Å². The molecule has 1 amide bonds. The van der Waals surface area contributed by atoms with E-state index >= 15 is 0 Å². The molecule has 0 aliphatic heterocycles. The molecule has 0 radical (unpaired) electrons. The van der Waals surface area contributed by atoms with Crippen molar-refractivity contribution >= 4 is 21.8 Å². The molecule has 0 bridgehead atoms. The Morgan fingerprint density at radius 3 is 2.36 bits per heavy atom. The molecule has 1 rings (SSSR count). The number of halogens is 1. The van der Waals surface area contributed by atoms with E-state index in [1.807, 2.05) is 12.1 Å². The number of hydrogen-bond acceptors (Lipinski definition) is 2. The zero-order valence-corrected chi connectivity index (χ0v) is 9.39. The zero-order valence-electron chi connectivity index (χ0n) is 7.80. The van der Waals surface area contributed by atoms with Crippen molar-refractivity contribution < 1.29 is 4.79 Å². The summed E-state index contributed by atoms with van der Waals surface area (Å²) in [5.41, 5.74) is 6.46. The van der Waals surface area contributed by atoms with Crippen molar-refractivity contribution in [1.82, 2.24) is 10.9 Å². The first-order valence-corrected chi connectivity index (χ1v) is 4.86. The largest absolute Gasteiger partial charge is 0.303 e. The Balaban J connectivity index is 2.61. The van der Waals surface area contributed by atoms with Crippen LogP contribution >= 0.6 is 15.9 Å². The number of allylic oxidation sites excluding steroid dienone is 1. The Hall–Kier alpha value is -1.29. The van der Waals surface area contributed by atoms with Gasteiger partial charge in [0.25, 0.3) is 5.91 Å². The molecular weight excluding hydrogens is 244 g/mol. The molecule has 2 N–H and O–H groups in total. The predicted octanol–water partition coefficient (Wildman–Crippen LogP) is 2.22. The van der Waals surface area contributed by atoms with Crippen LogP contribution in [-0.4, -0.2) is 5.91 Å². The van der Waals surface area contributed by atoms with Crippen LogP contribution in [-0.2, 0) is 0 Å². The summed E-state index contributed by atoms with van der Waals surface area (Å²) in [7, 11) is 0. The van der Waals surface area contributed by atoms with Crippen LogP contribution in [0.5, 0.6) is 0 Å². The lowest BCUT2D eigenvalue weighted by molar-refractivity contribution is 0.0939. The maximum Gasteiger partial charge on any atom is 0.269 e. The molecule has 0 unspecified atom stereocenters. The number of rotatable bonds is 3. The van der Waals surface area contributed by atoms with Gasteiger partial charge in [0.1, 0.15) is 0 Å². The summed E-state index contributed by atoms with van der Waals surface area (Å²) in [4.78, 5) is 11.4. The lowest BCUT2D eigenvalue weighted by Gasteiger charge is -2.07. The van der Waals surface area contributed by atoms with E-state index in [9.17, 15) is 4.79 Å². The Morgan fingerprint density at radius 2 is 1.86 bits per heavy atom. The van der Waals surface area contributed by atoms with E-state index in [2.05, 4.69) is 33.4 Å². The molecule has 0 saturated heterocycles. The summed E-state index contributed by atoms with van der Waals surface area (Å²) >= 11 is 3.30. The highest BCUT2D eigenvalue weighted by Gasteiger charge is 2.03. The average Bonchev–Trinajstić information content (AvgIpc) is 2.15. The fraction of sp³-hybridized carbons (Fsp3) is 0.100. The molecule has 4 heteroatoms. The molecule has 1 aromatic rings. The molecule has 14 heavy (non-hydrogen) atoms. The first-order valence-electron chi connectivity index (χ1n) is 4.07. The fourth-order valence-corrected chi connectivity index (χ4v) is 1.10. The number of carbonyl (C=O) groups is 1. The molecule has 0 saturated carbocycles. The van der Waals surface area contributed by atoms with Crippen molar-refractivity contribution in [3.05, 3.63) is 46.6 Å². The first-order chi connectivity index (χ1) is 6.59. The van der Waals surface area contributed by atoms with Crippen LogP contribution in [0.15, 0.2) is 41.0 Å². The first kappa shape index (κ1) is 10.8. The van der Waals surface area contributed by atoms with Gasteiger partial charge in [0.05, 0.1) is 0 Å². The highest BCUT2D eigenvalue weighted by atomic mass is 79.9. The van der Waals surface area contributed by atoms with E-state index in [0.717, 1.165) is 4.47 Å². The molecule has 0 fully saturated rings. The molecule has 1 aromatic carbocycles. The Labute approximate surface area is 91.3 Å². The van der Waals surface area contributed by atoms with Gasteiger partial charge in [0.2, 0.25) is 0 Å². The highest BCUT2D eigenvalue weighted by molar-refractivity contribution is 9.10. The van der Waals surface area contributed by atoms with Crippen LogP contribution in [0.2, 0.25) is 0 Å². The Morgan fingerprint density at radius 1 is 1.29 bits per heavy atom. The predicted molar refractivity (Wildman–Crippen MR) is 59.6 cm³/mol. The number of carbonyl (C=O) groups excluding carboxylic acids is 1. The van der Waals surface area contributed by atoms with Crippen molar-refractivity contribution in [3.63, 3.8) is 0 Å². The maximum absolute atomic E-state index is 11.4. The van der Waals surface area contributed by atoms with Gasteiger partial charge in [-0.2, -0.15) is 0 Å². The molecular formula is C10H11BrN2O. The van der Waals surface area contributed by atoms with Crippen molar-refractivity contribution in [1.29, 1.82) is 0 Å². The second-order valence-electron chi connectivity index (χ2n) is 2.87. The van der Waals surface area contributed by atoms with Crippen molar-refractivity contribution in [3.8, 4) is 0 Å². The van der Waals surface area contributed by atoms with Gasteiger partial charge < -0.3 is 5.43 Å². The molecule has 0 aliphatic carbocycles. The summed E-state index contributed by atoms with van der Waals surface area (Å²) in [6, 6.07) is 7.10. The maximum atomic E-state index is 11.4. The minimum absolute atomic E-state index is 0.180. The van der Waals surface area contributed by atoms with Gasteiger partial charge in [-0.25, -0.2) is 0 Å². The van der Waals surface area contributed by atoms with Crippen molar-refractivity contribution in [2.75, 3.05) is 0 Å². The van der Waals surface area contributed by atoms with Gasteiger partial charge in [-0.05, 0) is 31.2 Å². The van der Waals surface area contributed by atoms with Crippen molar-refractivity contribution in [2.24, 2.45) is 0 Å². The minimum atomic E-state index is -0.180. The van der Waals surface area contributed by atoms with E-state index in [1.54, 1.807) is 19.1 Å². The van der Waals surface area contributed by atoms with Crippen LogP contribution in [0.1, 0.15) is 17.3 Å². The Kier molecular flexibility index (Phi) is 3.71. The molecule has 0 atom stereocenters. The van der Waals surface area contributed by atoms with Gasteiger partial charge in [-0.1, -0.05) is 22.5 Å². The molecule has 0 heterocycles. The molecule has 3 nitrogen and oxygen atoms in total. The number of hydrogen-bond donors (Lipinski definition) is 2. The molecule has 0 aliphatic rings. The second-order valence-corrected chi connectivity index (χ2v) is 3.78. The summed E-state index contributed by atoms with van der Waals surface area (Å²) in [6.45, 7) is 5.37. The summed E-state index contributed by atoms with van der Waals surface area (Å²) < 4.78 is 0.946. The van der Waals surface area contributed by atoms with Gasteiger partial charge >= 0.3 is 0 Å². The topological polar surface area (TPSA) is 41.1 Å². The van der Waals surface area contributed by atoms with Gasteiger partial charge in [0, 0.05) is 15.7 Å². The SMILES string of the molecule is C=C(C)NNC(=O)c1ccc(Br)cc1. The van der Waals surface area contributed by atoms with E-state index in [1.165, 1.54) is 0 Å². The van der Waals surface area contributed by atoms with E-state index in [4.69, 9.17) is 0 Å². The number of nitrogens with one attached hydrogen (secondary N) is 2. The second kappa shape index (κ2) is 4.81. The van der Waals surface area contributed by atoms with E-state index in [-0.39, 0.29) is 5.91 Å². The number of amides is 1. The average molecular weight is 255 g/mol. The van der Waals surface area contributed by atoms with E-state index in [0.29, 0.717) is 11.3 Å². The number of benzene rings is 1. The summed E-state index contributed by atoms with van der Waals surface area (Å²) in [5, 5.41) is 0. The third-order valence-corrected chi connectivity index (χ3v) is 2.02. The summed E-state index contributed by atoms with van der Waals surface area (Å²) in [6.07, 6.45) is 0.